The minimum absolute atomic E-state index is 0.0870. The van der Waals surface area contributed by atoms with Gasteiger partial charge in [-0.05, 0) is 30.0 Å². The van der Waals surface area contributed by atoms with Gasteiger partial charge >= 0.3 is 6.03 Å². The van der Waals surface area contributed by atoms with Crippen LogP contribution in [0.3, 0.4) is 0 Å². The van der Waals surface area contributed by atoms with Gasteiger partial charge < -0.3 is 15.0 Å². The first kappa shape index (κ1) is 16.5. The summed E-state index contributed by atoms with van der Waals surface area (Å²) in [6.07, 6.45) is 3.53. The predicted molar refractivity (Wildman–Crippen MR) is 91.8 cm³/mol. The number of ether oxygens (including phenoxy) is 1. The lowest BCUT2D eigenvalue weighted by Gasteiger charge is -2.27. The maximum Gasteiger partial charge on any atom is 0.318 e. The fourth-order valence-corrected chi connectivity index (χ4v) is 3.32. The summed E-state index contributed by atoms with van der Waals surface area (Å²) in [5, 5.41) is 7.24. The molecule has 1 aliphatic carbocycles. The van der Waals surface area contributed by atoms with Crippen LogP contribution in [0.15, 0.2) is 36.5 Å². The molecule has 2 aromatic rings. The van der Waals surface area contributed by atoms with Gasteiger partial charge in [0.05, 0.1) is 18.3 Å². The molecule has 1 atom stereocenters. The fraction of sp³-hybridized carbons (Fsp3) is 0.444. The maximum absolute atomic E-state index is 12.7. The van der Waals surface area contributed by atoms with E-state index in [1.165, 1.54) is 11.1 Å². The molecule has 1 aromatic heterocycles. The largest absolute Gasteiger partial charge is 0.382 e. The maximum atomic E-state index is 12.7. The zero-order valence-corrected chi connectivity index (χ0v) is 14.4. The van der Waals surface area contributed by atoms with Crippen molar-refractivity contribution < 1.29 is 9.53 Å². The number of methoxy groups -OCH3 is 1. The Morgan fingerprint density at radius 2 is 2.04 bits per heavy atom. The van der Waals surface area contributed by atoms with Gasteiger partial charge in [0.25, 0.3) is 0 Å². The average Bonchev–Trinajstić information content (AvgIpc) is 3.19. The molecule has 0 saturated carbocycles. The Labute approximate surface area is 142 Å². The molecule has 1 aromatic carbocycles. The van der Waals surface area contributed by atoms with E-state index in [0.717, 1.165) is 18.5 Å². The molecular formula is C18H24N4O2. The van der Waals surface area contributed by atoms with E-state index in [1.54, 1.807) is 22.9 Å². The second-order valence-electron chi connectivity index (χ2n) is 6.28. The quantitative estimate of drug-likeness (QED) is 0.912. The van der Waals surface area contributed by atoms with Crippen molar-refractivity contribution in [2.75, 3.05) is 20.8 Å². The van der Waals surface area contributed by atoms with E-state index in [9.17, 15) is 4.79 Å². The van der Waals surface area contributed by atoms with Gasteiger partial charge in [0.2, 0.25) is 0 Å². The van der Waals surface area contributed by atoms with Crippen molar-refractivity contribution in [3.63, 3.8) is 0 Å². The normalized spacial score (nSPS) is 15.1. The number of rotatable bonds is 5. The summed E-state index contributed by atoms with van der Waals surface area (Å²) in [6, 6.07) is 10.2. The molecule has 0 unspecified atom stereocenters. The zero-order chi connectivity index (χ0) is 17.1. The molecule has 1 heterocycles. The highest BCUT2D eigenvalue weighted by molar-refractivity contribution is 5.75. The number of nitrogens with zero attached hydrogens (tertiary/aromatic N) is 3. The summed E-state index contributed by atoms with van der Waals surface area (Å²) in [4.78, 5) is 14.5. The van der Waals surface area contributed by atoms with Gasteiger partial charge in [-0.3, -0.25) is 4.68 Å². The fourth-order valence-electron chi connectivity index (χ4n) is 3.32. The van der Waals surface area contributed by atoms with E-state index in [0.29, 0.717) is 6.61 Å². The molecule has 1 aliphatic rings. The number of carbonyl (C=O) groups is 1. The Morgan fingerprint density at radius 1 is 1.38 bits per heavy atom. The highest BCUT2D eigenvalue weighted by atomic mass is 16.5. The molecule has 6 nitrogen and oxygen atoms in total. The summed E-state index contributed by atoms with van der Waals surface area (Å²) in [6.45, 7) is 0.407. The van der Waals surface area contributed by atoms with Crippen LogP contribution in [-0.4, -0.2) is 47.5 Å². The second-order valence-corrected chi connectivity index (χ2v) is 6.28. The number of hydrogen-bond donors (Lipinski definition) is 1. The van der Waals surface area contributed by atoms with Crippen LogP contribution in [0.1, 0.15) is 22.9 Å². The Hall–Kier alpha value is -2.34. The minimum Gasteiger partial charge on any atom is -0.382 e. The van der Waals surface area contributed by atoms with Crippen molar-refractivity contribution in [1.82, 2.24) is 20.0 Å². The van der Waals surface area contributed by atoms with E-state index in [4.69, 9.17) is 4.74 Å². The Kier molecular flexibility index (Phi) is 4.85. The van der Waals surface area contributed by atoms with Crippen molar-refractivity contribution in [2.24, 2.45) is 7.05 Å². The number of benzene rings is 1. The van der Waals surface area contributed by atoms with Gasteiger partial charge in [0.1, 0.15) is 0 Å². The highest BCUT2D eigenvalue weighted by Crippen LogP contribution is 2.25. The smallest absolute Gasteiger partial charge is 0.318 e. The molecular weight excluding hydrogens is 304 g/mol. The van der Waals surface area contributed by atoms with E-state index in [-0.39, 0.29) is 18.1 Å². The van der Waals surface area contributed by atoms with Gasteiger partial charge in [0, 0.05) is 33.4 Å². The summed E-state index contributed by atoms with van der Waals surface area (Å²) in [7, 11) is 5.35. The molecule has 0 fully saturated rings. The van der Waals surface area contributed by atoms with E-state index >= 15 is 0 Å². The van der Waals surface area contributed by atoms with Crippen LogP contribution in [0.2, 0.25) is 0 Å². The van der Waals surface area contributed by atoms with Crippen molar-refractivity contribution in [3.05, 3.63) is 53.3 Å². The van der Waals surface area contributed by atoms with Gasteiger partial charge in [-0.15, -0.1) is 0 Å². The van der Waals surface area contributed by atoms with Crippen molar-refractivity contribution in [3.8, 4) is 0 Å². The van der Waals surface area contributed by atoms with E-state index in [2.05, 4.69) is 34.7 Å². The predicted octanol–water partition coefficient (Wildman–Crippen LogP) is 1.92. The van der Waals surface area contributed by atoms with Crippen LogP contribution in [0.25, 0.3) is 0 Å². The number of aryl methyl sites for hydroxylation is 1. The standard InChI is InChI=1S/C18H24N4O2/c1-21(15-10-13-6-4-5-7-14(13)11-15)18(23)20-16(12-24-3)17-8-9-19-22(17)2/h4-9,15-16H,10-12H2,1-3H3,(H,20,23)/t16-/m0/s1. The number of nitrogens with one attached hydrogen (secondary N) is 1. The number of aromatic nitrogens is 2. The Bertz CT molecular complexity index is 688. The zero-order valence-electron chi connectivity index (χ0n) is 14.4. The highest BCUT2D eigenvalue weighted by Gasteiger charge is 2.28. The topological polar surface area (TPSA) is 59.4 Å². The van der Waals surface area contributed by atoms with Gasteiger partial charge in [-0.1, -0.05) is 24.3 Å². The lowest BCUT2D eigenvalue weighted by atomic mass is 10.1. The van der Waals surface area contributed by atoms with E-state index in [1.807, 2.05) is 20.2 Å². The average molecular weight is 328 g/mol. The molecule has 2 amide bonds. The lowest BCUT2D eigenvalue weighted by Crippen LogP contribution is -2.46. The molecule has 3 rings (SSSR count). The van der Waals surface area contributed by atoms with Crippen molar-refractivity contribution in [1.29, 1.82) is 0 Å². The van der Waals surface area contributed by atoms with Crippen LogP contribution in [-0.2, 0) is 24.6 Å². The molecule has 24 heavy (non-hydrogen) atoms. The van der Waals surface area contributed by atoms with Gasteiger partial charge in [0.15, 0.2) is 0 Å². The number of carbonyl (C=O) groups excluding carboxylic acids is 1. The monoisotopic (exact) mass is 328 g/mol. The first-order chi connectivity index (χ1) is 11.6. The van der Waals surface area contributed by atoms with Crippen LogP contribution in [0, 0.1) is 0 Å². The third-order valence-electron chi connectivity index (χ3n) is 4.74. The Balaban J connectivity index is 1.66. The van der Waals surface area contributed by atoms with Gasteiger partial charge in [-0.25, -0.2) is 4.79 Å². The van der Waals surface area contributed by atoms with Crippen molar-refractivity contribution >= 4 is 6.03 Å². The molecule has 128 valence electrons. The SMILES string of the molecule is COC[C@H](NC(=O)N(C)C1Cc2ccccc2C1)c1ccnn1C. The molecule has 0 radical (unpaired) electrons. The number of fused-ring (bicyclic) bond motifs is 1. The molecule has 6 heteroatoms. The lowest BCUT2D eigenvalue weighted by molar-refractivity contribution is 0.150. The molecule has 0 bridgehead atoms. The summed E-state index contributed by atoms with van der Waals surface area (Å²) in [5.74, 6) is 0. The number of amides is 2. The minimum atomic E-state index is -0.221. The number of hydrogen-bond acceptors (Lipinski definition) is 3. The third kappa shape index (κ3) is 3.28. The summed E-state index contributed by atoms with van der Waals surface area (Å²) >= 11 is 0. The van der Waals surface area contributed by atoms with Crippen LogP contribution >= 0.6 is 0 Å². The van der Waals surface area contributed by atoms with Crippen LogP contribution in [0.5, 0.6) is 0 Å². The Morgan fingerprint density at radius 3 is 2.58 bits per heavy atom. The first-order valence-electron chi connectivity index (χ1n) is 8.17. The molecule has 1 N–H and O–H groups in total. The van der Waals surface area contributed by atoms with E-state index < -0.39 is 0 Å². The van der Waals surface area contributed by atoms with Crippen LogP contribution < -0.4 is 5.32 Å². The molecule has 0 saturated heterocycles. The van der Waals surface area contributed by atoms with Gasteiger partial charge in [-0.2, -0.15) is 5.10 Å². The summed E-state index contributed by atoms with van der Waals surface area (Å²) < 4.78 is 7.02. The second kappa shape index (κ2) is 7.05. The van der Waals surface area contributed by atoms with Crippen molar-refractivity contribution in [2.45, 2.75) is 24.9 Å². The molecule has 0 spiro atoms. The summed E-state index contributed by atoms with van der Waals surface area (Å²) in [5.41, 5.74) is 3.60. The van der Waals surface area contributed by atoms with Crippen LogP contribution in [0.4, 0.5) is 4.79 Å². The first-order valence-corrected chi connectivity index (χ1v) is 8.17. The third-order valence-corrected chi connectivity index (χ3v) is 4.74. The molecule has 0 aliphatic heterocycles. The number of urea groups is 1. The number of likely N-dealkylation sites (N-methyl/N-ethyl adjacent to an activating group) is 1.